The van der Waals surface area contributed by atoms with Crippen LogP contribution in [-0.2, 0) is 46.8 Å². The van der Waals surface area contributed by atoms with Crippen LogP contribution in [0.5, 0.6) is 5.75 Å². The average molecular weight is 806 g/mol. The molecular weight excluding hydrogens is 755 g/mol. The SMILES string of the molecule is COc1ccccc1S(=O)(=O)NC(=O)[C@@]12C[C@@H]1/C=C\CCCCC[C@H](NC(=O)OC1CCCC1)C(=O)N1C[C@H](OC(=O)N3CCc4ccccc4C3)C[C@H]1C(=O)N2. The molecule has 1 saturated heterocycles. The molecule has 3 aliphatic heterocycles. The Hall–Kier alpha value is -5.12. The van der Waals surface area contributed by atoms with Crippen molar-refractivity contribution in [2.45, 2.75) is 118 Å². The second-order valence-electron chi connectivity index (χ2n) is 15.6. The molecule has 57 heavy (non-hydrogen) atoms. The Labute approximate surface area is 332 Å². The lowest BCUT2D eigenvalue weighted by molar-refractivity contribution is -0.141. The van der Waals surface area contributed by atoms with E-state index < -0.39 is 69.6 Å². The number of hydrogen-bond acceptors (Lipinski definition) is 10. The van der Waals surface area contributed by atoms with E-state index in [1.54, 1.807) is 11.0 Å². The van der Waals surface area contributed by atoms with E-state index in [9.17, 15) is 32.4 Å². The molecule has 5 aliphatic rings. The number of sulfonamides is 1. The van der Waals surface area contributed by atoms with Crippen LogP contribution < -0.4 is 20.1 Å². The number of nitrogens with zero attached hydrogens (tertiary/aromatic N) is 2. The second kappa shape index (κ2) is 17.2. The molecule has 2 aliphatic carbocycles. The lowest BCUT2D eigenvalue weighted by Crippen LogP contribution is -2.58. The Bertz CT molecular complexity index is 2000. The van der Waals surface area contributed by atoms with E-state index in [0.29, 0.717) is 38.8 Å². The highest BCUT2D eigenvalue weighted by Crippen LogP contribution is 2.46. The number of benzene rings is 2. The van der Waals surface area contributed by atoms with Crippen molar-refractivity contribution < 1.29 is 46.6 Å². The van der Waals surface area contributed by atoms with Gasteiger partial charge in [-0.05, 0) is 81.0 Å². The summed E-state index contributed by atoms with van der Waals surface area (Å²) in [5.74, 6) is -2.67. The number of methoxy groups -OCH3 is 1. The first-order valence-corrected chi connectivity index (χ1v) is 21.4. The van der Waals surface area contributed by atoms with Gasteiger partial charge in [0.1, 0.15) is 40.5 Å². The van der Waals surface area contributed by atoms with Gasteiger partial charge in [0.25, 0.3) is 15.9 Å². The van der Waals surface area contributed by atoms with Gasteiger partial charge in [-0.1, -0.05) is 61.4 Å². The van der Waals surface area contributed by atoms with Crippen molar-refractivity contribution in [1.82, 2.24) is 25.2 Å². The van der Waals surface area contributed by atoms with Gasteiger partial charge in [-0.3, -0.25) is 14.4 Å². The minimum absolute atomic E-state index is 0.0402. The summed E-state index contributed by atoms with van der Waals surface area (Å²) in [7, 11) is -3.11. The summed E-state index contributed by atoms with van der Waals surface area (Å²) >= 11 is 0. The normalized spacial score (nSPS) is 27.3. The highest BCUT2D eigenvalue weighted by atomic mass is 32.2. The largest absolute Gasteiger partial charge is 0.495 e. The highest BCUT2D eigenvalue weighted by Gasteiger charge is 2.62. The van der Waals surface area contributed by atoms with Crippen LogP contribution in [0.2, 0.25) is 0 Å². The average Bonchev–Trinajstić information content (AvgIpc) is 3.46. The van der Waals surface area contributed by atoms with E-state index in [4.69, 9.17) is 14.2 Å². The summed E-state index contributed by atoms with van der Waals surface area (Å²) in [4.78, 5) is 72.3. The first kappa shape index (κ1) is 40.1. The van der Waals surface area contributed by atoms with Gasteiger partial charge >= 0.3 is 12.2 Å². The van der Waals surface area contributed by atoms with Crippen LogP contribution in [-0.4, -0.2) is 98.2 Å². The molecule has 2 aromatic carbocycles. The van der Waals surface area contributed by atoms with Gasteiger partial charge in [0.15, 0.2) is 0 Å². The fraction of sp³-hybridized carbons (Fsp3) is 0.537. The van der Waals surface area contributed by atoms with E-state index in [2.05, 4.69) is 15.4 Å². The van der Waals surface area contributed by atoms with Gasteiger partial charge in [0.05, 0.1) is 13.7 Å². The predicted octanol–water partition coefficient (Wildman–Crippen LogP) is 4.10. The van der Waals surface area contributed by atoms with Crippen LogP contribution in [0.4, 0.5) is 9.59 Å². The Balaban J connectivity index is 1.14. The van der Waals surface area contributed by atoms with Crippen LogP contribution >= 0.6 is 0 Å². The molecule has 2 saturated carbocycles. The number of ether oxygens (including phenoxy) is 3. The summed E-state index contributed by atoms with van der Waals surface area (Å²) < 4.78 is 46.0. The Morgan fingerprint density at radius 2 is 1.63 bits per heavy atom. The van der Waals surface area contributed by atoms with E-state index in [1.165, 1.54) is 30.2 Å². The van der Waals surface area contributed by atoms with E-state index in [1.807, 2.05) is 36.4 Å². The molecule has 16 heteroatoms. The zero-order chi connectivity index (χ0) is 40.2. The van der Waals surface area contributed by atoms with Crippen molar-refractivity contribution in [2.75, 3.05) is 20.2 Å². The molecule has 3 fully saturated rings. The smallest absolute Gasteiger partial charge is 0.410 e. The Morgan fingerprint density at radius 1 is 0.895 bits per heavy atom. The molecule has 0 spiro atoms. The van der Waals surface area contributed by atoms with Crippen LogP contribution in [0.15, 0.2) is 65.6 Å². The topological polar surface area (TPSA) is 190 Å². The summed E-state index contributed by atoms with van der Waals surface area (Å²) in [5, 5.41) is 5.60. The molecule has 0 bridgehead atoms. The molecule has 306 valence electrons. The predicted molar refractivity (Wildman–Crippen MR) is 206 cm³/mol. The lowest BCUT2D eigenvalue weighted by atomic mass is 10.0. The Morgan fingerprint density at radius 3 is 2.42 bits per heavy atom. The monoisotopic (exact) mass is 805 g/mol. The lowest BCUT2D eigenvalue weighted by Gasteiger charge is -2.30. The maximum Gasteiger partial charge on any atom is 0.410 e. The van der Waals surface area contributed by atoms with Gasteiger partial charge < -0.3 is 34.6 Å². The van der Waals surface area contributed by atoms with Crippen molar-refractivity contribution in [1.29, 1.82) is 0 Å². The van der Waals surface area contributed by atoms with Gasteiger partial charge in [-0.25, -0.2) is 22.7 Å². The third-order valence-electron chi connectivity index (χ3n) is 11.8. The van der Waals surface area contributed by atoms with E-state index in [-0.39, 0.29) is 36.1 Å². The molecule has 15 nitrogen and oxygen atoms in total. The summed E-state index contributed by atoms with van der Waals surface area (Å²) in [6, 6.07) is 11.5. The third-order valence-corrected chi connectivity index (χ3v) is 13.1. The van der Waals surface area contributed by atoms with E-state index in [0.717, 1.165) is 49.7 Å². The first-order valence-electron chi connectivity index (χ1n) is 20.0. The van der Waals surface area contributed by atoms with Crippen LogP contribution in [0.25, 0.3) is 0 Å². The van der Waals surface area contributed by atoms with Crippen LogP contribution in [0, 0.1) is 5.92 Å². The Kier molecular flexibility index (Phi) is 12.1. The van der Waals surface area contributed by atoms with Crippen molar-refractivity contribution >= 4 is 39.9 Å². The zero-order valence-electron chi connectivity index (χ0n) is 32.2. The molecular formula is C41H51N5O10S. The quantitative estimate of drug-likeness (QED) is 0.344. The summed E-state index contributed by atoms with van der Waals surface area (Å²) in [6.07, 6.45) is 8.48. The molecule has 5 atom stereocenters. The number of carbonyl (C=O) groups excluding carboxylic acids is 5. The molecule has 7 rings (SSSR count). The number of alkyl carbamates (subject to hydrolysis) is 1. The molecule has 2 aromatic rings. The summed E-state index contributed by atoms with van der Waals surface area (Å²) in [6.45, 7) is 0.663. The fourth-order valence-corrected chi connectivity index (χ4v) is 9.69. The standard InChI is InChI=1S/C41H51N5O10S/c1-54-34-19-11-12-20-35(34)57(52,53)44-38(49)41-24-29(41)15-5-3-2-4-6-18-32(42-39(50)55-30-16-9-10-17-30)37(48)46-26-31(23-33(46)36(47)43-41)56-40(51)45-22-21-27-13-7-8-14-28(27)25-45/h5,7-8,11-15,19-20,29-33H,2-4,6,9-10,16-18,21-26H2,1H3,(H,42,50)(H,43,47)(H,44,49)/b15-5-/t29-,31+,32-,33-,41+/m0/s1. The number of allylic oxidation sites excluding steroid dienone is 1. The van der Waals surface area contributed by atoms with Crippen molar-refractivity contribution in [3.63, 3.8) is 0 Å². The van der Waals surface area contributed by atoms with Gasteiger partial charge in [-0.15, -0.1) is 0 Å². The number of carbonyl (C=O) groups is 5. The first-order chi connectivity index (χ1) is 27.5. The molecule has 3 N–H and O–H groups in total. The van der Waals surface area contributed by atoms with Crippen LogP contribution in [0.3, 0.4) is 0 Å². The number of fused-ring (bicyclic) bond motifs is 3. The number of rotatable bonds is 7. The molecule has 3 heterocycles. The third kappa shape index (κ3) is 9.05. The number of amides is 5. The molecule has 0 unspecified atom stereocenters. The van der Waals surface area contributed by atoms with Gasteiger partial charge in [0.2, 0.25) is 11.8 Å². The van der Waals surface area contributed by atoms with Crippen molar-refractivity contribution in [3.05, 3.63) is 71.8 Å². The molecule has 0 radical (unpaired) electrons. The van der Waals surface area contributed by atoms with Crippen molar-refractivity contribution in [3.8, 4) is 5.75 Å². The fourth-order valence-electron chi connectivity index (χ4n) is 8.48. The molecule has 0 aromatic heterocycles. The summed E-state index contributed by atoms with van der Waals surface area (Å²) in [5.41, 5.74) is 0.524. The zero-order valence-corrected chi connectivity index (χ0v) is 33.0. The number of para-hydroxylation sites is 1. The molecule has 5 amide bonds. The van der Waals surface area contributed by atoms with E-state index >= 15 is 0 Å². The maximum atomic E-state index is 14.5. The van der Waals surface area contributed by atoms with Gasteiger partial charge in [0, 0.05) is 25.4 Å². The highest BCUT2D eigenvalue weighted by molar-refractivity contribution is 7.90. The minimum atomic E-state index is -4.43. The van der Waals surface area contributed by atoms with Gasteiger partial charge in [-0.2, -0.15) is 0 Å². The number of nitrogens with one attached hydrogen (secondary N) is 3. The van der Waals surface area contributed by atoms with Crippen molar-refractivity contribution in [2.24, 2.45) is 5.92 Å². The van der Waals surface area contributed by atoms with Crippen LogP contribution in [0.1, 0.15) is 81.8 Å². The second-order valence-corrected chi connectivity index (χ2v) is 17.3. The number of hydrogen-bond donors (Lipinski definition) is 3. The maximum absolute atomic E-state index is 14.5. The minimum Gasteiger partial charge on any atom is -0.495 e.